The van der Waals surface area contributed by atoms with Crippen LogP contribution in [0.1, 0.15) is 37.0 Å². The molecule has 0 aromatic heterocycles. The second-order valence-electron chi connectivity index (χ2n) is 6.00. The molecule has 0 fully saturated rings. The molecule has 0 aliphatic carbocycles. The summed E-state index contributed by atoms with van der Waals surface area (Å²) in [7, 11) is 1.73. The van der Waals surface area contributed by atoms with Crippen LogP contribution in [0.5, 0.6) is 5.75 Å². The third-order valence-corrected chi connectivity index (χ3v) is 3.26. The summed E-state index contributed by atoms with van der Waals surface area (Å²) in [5.41, 5.74) is 9.64. The van der Waals surface area contributed by atoms with E-state index in [0.29, 0.717) is 0 Å². The summed E-state index contributed by atoms with van der Waals surface area (Å²) in [5, 5.41) is 3.45. The quantitative estimate of drug-likeness (QED) is 0.744. The van der Waals surface area contributed by atoms with Gasteiger partial charge < -0.3 is 15.8 Å². The lowest BCUT2D eigenvalue weighted by molar-refractivity contribution is 0.408. The van der Waals surface area contributed by atoms with Crippen LogP contribution >= 0.6 is 0 Å². The first-order valence-electron chi connectivity index (χ1n) is 6.97. The van der Waals surface area contributed by atoms with Crippen LogP contribution in [0.2, 0.25) is 0 Å². The molecule has 0 saturated carbocycles. The SMILES string of the molecule is COc1c(C)cc(CCNCCC(C)(C)N)cc1C. The Kier molecular flexibility index (Phi) is 5.83. The number of hydrogen-bond acceptors (Lipinski definition) is 3. The summed E-state index contributed by atoms with van der Waals surface area (Å²) in [6.07, 6.45) is 2.03. The third-order valence-electron chi connectivity index (χ3n) is 3.26. The Morgan fingerprint density at radius 3 is 2.21 bits per heavy atom. The number of nitrogens with two attached hydrogens (primary N) is 1. The topological polar surface area (TPSA) is 47.3 Å². The lowest BCUT2D eigenvalue weighted by Crippen LogP contribution is -2.36. The van der Waals surface area contributed by atoms with E-state index in [1.54, 1.807) is 7.11 Å². The molecule has 0 saturated heterocycles. The number of hydrogen-bond donors (Lipinski definition) is 2. The molecule has 1 aromatic carbocycles. The first-order valence-corrected chi connectivity index (χ1v) is 6.97. The van der Waals surface area contributed by atoms with Crippen LogP contribution in [0.15, 0.2) is 12.1 Å². The van der Waals surface area contributed by atoms with Gasteiger partial charge in [0, 0.05) is 5.54 Å². The van der Waals surface area contributed by atoms with Gasteiger partial charge in [0.1, 0.15) is 5.75 Å². The lowest BCUT2D eigenvalue weighted by atomic mass is 10.0. The molecule has 0 heterocycles. The molecule has 0 unspecified atom stereocenters. The molecular formula is C16H28N2O. The van der Waals surface area contributed by atoms with Gasteiger partial charge in [-0.05, 0) is 70.3 Å². The van der Waals surface area contributed by atoms with E-state index >= 15 is 0 Å². The number of aryl methyl sites for hydroxylation is 2. The van der Waals surface area contributed by atoms with Gasteiger partial charge in [0.15, 0.2) is 0 Å². The van der Waals surface area contributed by atoms with E-state index in [0.717, 1.165) is 31.7 Å². The van der Waals surface area contributed by atoms with Crippen molar-refractivity contribution < 1.29 is 4.74 Å². The molecule has 1 aromatic rings. The van der Waals surface area contributed by atoms with Gasteiger partial charge in [-0.25, -0.2) is 0 Å². The van der Waals surface area contributed by atoms with Crippen LogP contribution in [-0.2, 0) is 6.42 Å². The summed E-state index contributed by atoms with van der Waals surface area (Å²) in [6, 6.07) is 4.42. The highest BCUT2D eigenvalue weighted by Gasteiger charge is 2.09. The standard InChI is InChI=1S/C16H28N2O/c1-12-10-14(11-13(2)15(12)19-5)6-8-18-9-7-16(3,4)17/h10-11,18H,6-9,17H2,1-5H3. The maximum absolute atomic E-state index is 5.95. The van der Waals surface area contributed by atoms with Crippen molar-refractivity contribution in [2.24, 2.45) is 5.73 Å². The Bertz CT molecular complexity index is 385. The second kappa shape index (κ2) is 6.92. The molecule has 3 heteroatoms. The monoisotopic (exact) mass is 264 g/mol. The van der Waals surface area contributed by atoms with Crippen molar-refractivity contribution in [2.75, 3.05) is 20.2 Å². The average Bonchev–Trinajstić information content (AvgIpc) is 2.26. The predicted molar refractivity (Wildman–Crippen MR) is 81.9 cm³/mol. The minimum Gasteiger partial charge on any atom is -0.496 e. The summed E-state index contributed by atoms with van der Waals surface area (Å²) >= 11 is 0. The molecule has 1 rings (SSSR count). The average molecular weight is 264 g/mol. The summed E-state index contributed by atoms with van der Waals surface area (Å²) < 4.78 is 5.38. The van der Waals surface area contributed by atoms with Crippen LogP contribution in [0.3, 0.4) is 0 Å². The van der Waals surface area contributed by atoms with Gasteiger partial charge in [-0.15, -0.1) is 0 Å². The van der Waals surface area contributed by atoms with Crippen molar-refractivity contribution in [3.63, 3.8) is 0 Å². The van der Waals surface area contributed by atoms with Crippen LogP contribution in [-0.4, -0.2) is 25.7 Å². The predicted octanol–water partition coefficient (Wildman–Crippen LogP) is 2.57. The Hall–Kier alpha value is -1.06. The maximum Gasteiger partial charge on any atom is 0.124 e. The zero-order valence-corrected chi connectivity index (χ0v) is 13.0. The molecule has 0 spiro atoms. The summed E-state index contributed by atoms with van der Waals surface area (Å²) in [5.74, 6) is 1.00. The fourth-order valence-corrected chi connectivity index (χ4v) is 2.27. The zero-order chi connectivity index (χ0) is 14.5. The molecule has 19 heavy (non-hydrogen) atoms. The Balaban J connectivity index is 2.42. The van der Waals surface area contributed by atoms with Gasteiger partial charge in [0.2, 0.25) is 0 Å². The van der Waals surface area contributed by atoms with E-state index < -0.39 is 0 Å². The fraction of sp³-hybridized carbons (Fsp3) is 0.625. The largest absolute Gasteiger partial charge is 0.496 e. The molecule has 3 N–H and O–H groups in total. The van der Waals surface area contributed by atoms with Gasteiger partial charge in [0.25, 0.3) is 0 Å². The normalized spacial score (nSPS) is 11.7. The Labute approximate surface area is 117 Å². The Morgan fingerprint density at radius 1 is 1.16 bits per heavy atom. The fourth-order valence-electron chi connectivity index (χ4n) is 2.27. The van der Waals surface area contributed by atoms with Crippen molar-refractivity contribution in [2.45, 2.75) is 46.1 Å². The van der Waals surface area contributed by atoms with Crippen LogP contribution in [0.4, 0.5) is 0 Å². The number of ether oxygens (including phenoxy) is 1. The zero-order valence-electron chi connectivity index (χ0n) is 13.0. The van der Waals surface area contributed by atoms with Crippen molar-refractivity contribution in [3.05, 3.63) is 28.8 Å². The number of nitrogens with one attached hydrogen (secondary N) is 1. The molecule has 0 bridgehead atoms. The van der Waals surface area contributed by atoms with Crippen molar-refractivity contribution in [1.29, 1.82) is 0 Å². The lowest BCUT2D eigenvalue weighted by Gasteiger charge is -2.18. The molecule has 3 nitrogen and oxygen atoms in total. The molecular weight excluding hydrogens is 236 g/mol. The number of benzene rings is 1. The van der Waals surface area contributed by atoms with Crippen LogP contribution in [0, 0.1) is 13.8 Å². The first-order chi connectivity index (χ1) is 8.83. The minimum atomic E-state index is -0.0830. The van der Waals surface area contributed by atoms with Crippen molar-refractivity contribution >= 4 is 0 Å². The first kappa shape index (κ1) is 16.0. The van der Waals surface area contributed by atoms with E-state index in [-0.39, 0.29) is 5.54 Å². The highest BCUT2D eigenvalue weighted by molar-refractivity contribution is 5.43. The summed E-state index contributed by atoms with van der Waals surface area (Å²) in [6.45, 7) is 10.3. The third kappa shape index (κ3) is 5.62. The van der Waals surface area contributed by atoms with E-state index in [4.69, 9.17) is 10.5 Å². The smallest absolute Gasteiger partial charge is 0.124 e. The van der Waals surface area contributed by atoms with Gasteiger partial charge in [-0.3, -0.25) is 0 Å². The second-order valence-corrected chi connectivity index (χ2v) is 6.00. The maximum atomic E-state index is 5.95. The highest BCUT2D eigenvalue weighted by Crippen LogP contribution is 2.24. The van der Waals surface area contributed by atoms with E-state index in [2.05, 4.69) is 45.1 Å². The van der Waals surface area contributed by atoms with Crippen molar-refractivity contribution in [3.8, 4) is 5.75 Å². The van der Waals surface area contributed by atoms with Gasteiger partial charge in [-0.2, -0.15) is 0 Å². The highest BCUT2D eigenvalue weighted by atomic mass is 16.5. The number of methoxy groups -OCH3 is 1. The summed E-state index contributed by atoms with van der Waals surface area (Å²) in [4.78, 5) is 0. The number of rotatable bonds is 7. The van der Waals surface area contributed by atoms with Gasteiger partial charge >= 0.3 is 0 Å². The van der Waals surface area contributed by atoms with Gasteiger partial charge in [-0.1, -0.05) is 12.1 Å². The van der Waals surface area contributed by atoms with Crippen LogP contribution in [0.25, 0.3) is 0 Å². The molecule has 0 aliphatic rings. The van der Waals surface area contributed by atoms with Gasteiger partial charge in [0.05, 0.1) is 7.11 Å². The van der Waals surface area contributed by atoms with E-state index in [9.17, 15) is 0 Å². The minimum absolute atomic E-state index is 0.0830. The van der Waals surface area contributed by atoms with E-state index in [1.807, 2.05) is 0 Å². The van der Waals surface area contributed by atoms with Crippen molar-refractivity contribution in [1.82, 2.24) is 5.32 Å². The van der Waals surface area contributed by atoms with Crippen LogP contribution < -0.4 is 15.8 Å². The van der Waals surface area contributed by atoms with E-state index in [1.165, 1.54) is 16.7 Å². The molecule has 0 atom stereocenters. The molecule has 108 valence electrons. The Morgan fingerprint density at radius 2 is 1.74 bits per heavy atom. The molecule has 0 aliphatic heterocycles. The molecule has 0 amide bonds. The molecule has 0 radical (unpaired) electrons.